The van der Waals surface area contributed by atoms with Crippen LogP contribution in [0.4, 0.5) is 0 Å². The summed E-state index contributed by atoms with van der Waals surface area (Å²) in [5.41, 5.74) is 3.92. The summed E-state index contributed by atoms with van der Waals surface area (Å²) in [5.74, 6) is 1.61. The van der Waals surface area contributed by atoms with Gasteiger partial charge in [-0.3, -0.25) is 9.69 Å². The van der Waals surface area contributed by atoms with Gasteiger partial charge in [0, 0.05) is 39.3 Å². The summed E-state index contributed by atoms with van der Waals surface area (Å²) in [6, 6.07) is 0. The largest absolute Gasteiger partial charge is 0.393 e. The Labute approximate surface area is 257 Å². The van der Waals surface area contributed by atoms with Crippen LogP contribution in [-0.4, -0.2) is 73.2 Å². The number of nitrogens with zero attached hydrogens (tertiary/aromatic N) is 2. The van der Waals surface area contributed by atoms with Crippen molar-refractivity contribution in [1.82, 2.24) is 15.1 Å². The molecule has 1 saturated heterocycles. The first-order valence-electron chi connectivity index (χ1n) is 17.7. The van der Waals surface area contributed by atoms with Crippen molar-refractivity contribution in [3.05, 3.63) is 11.1 Å². The van der Waals surface area contributed by atoms with Crippen LogP contribution >= 0.6 is 0 Å². The number of allylic oxidation sites excluding steroid dienone is 1. The van der Waals surface area contributed by atoms with Gasteiger partial charge in [0.15, 0.2) is 0 Å². The number of nitrogens with one attached hydrogen (secondary N) is 1. The van der Waals surface area contributed by atoms with E-state index in [1.807, 2.05) is 0 Å². The number of carbonyl (C=O) groups excluding carboxylic acids is 1. The second kappa shape index (κ2) is 10.3. The Morgan fingerprint density at radius 1 is 0.833 bits per heavy atom. The third-order valence-electron chi connectivity index (χ3n) is 15.3. The van der Waals surface area contributed by atoms with Crippen molar-refractivity contribution in [2.75, 3.05) is 46.3 Å². The molecular weight excluding hydrogens is 518 g/mol. The van der Waals surface area contributed by atoms with Crippen LogP contribution in [0.1, 0.15) is 119 Å². The average molecular weight is 582 g/mol. The summed E-state index contributed by atoms with van der Waals surface area (Å²) in [7, 11) is 2.20. The van der Waals surface area contributed by atoms with E-state index in [2.05, 4.69) is 70.6 Å². The van der Waals surface area contributed by atoms with E-state index in [0.29, 0.717) is 17.7 Å². The molecule has 1 amide bonds. The first kappa shape index (κ1) is 31.1. The number of fused-ring (bicyclic) bond motifs is 6. The van der Waals surface area contributed by atoms with Gasteiger partial charge in [0.05, 0.1) is 11.5 Å². The second-order valence-corrected chi connectivity index (χ2v) is 18.1. The molecule has 6 rings (SSSR count). The highest BCUT2D eigenvalue weighted by Crippen LogP contribution is 2.75. The smallest absolute Gasteiger partial charge is 0.230 e. The minimum atomic E-state index is -0.298. The standard InChI is InChI=1S/C37H63N3O2/c1-32(2)15-17-37(31(42)38-19-20-40-23-21-39(8)22-24-40)18-16-35(6)26(27(37)25-32)9-10-29-34(5)13-12-30(41)33(3,4)28(34)11-14-36(29,35)7/h28-30,41H,9-25H2,1-8H3,(H,38,42)/t28-,29+,30?,34-,35+,36+,37-/m0/s1. The van der Waals surface area contributed by atoms with Crippen LogP contribution < -0.4 is 5.32 Å². The van der Waals surface area contributed by atoms with Gasteiger partial charge in [0.2, 0.25) is 5.91 Å². The van der Waals surface area contributed by atoms with Crippen molar-refractivity contribution in [1.29, 1.82) is 0 Å². The van der Waals surface area contributed by atoms with Crippen LogP contribution in [0.15, 0.2) is 11.1 Å². The van der Waals surface area contributed by atoms with E-state index in [4.69, 9.17) is 0 Å². The third kappa shape index (κ3) is 4.51. The van der Waals surface area contributed by atoms with Gasteiger partial charge < -0.3 is 15.3 Å². The normalized spacial score (nSPS) is 45.3. The highest BCUT2D eigenvalue weighted by atomic mass is 16.3. The molecule has 4 saturated carbocycles. The Hall–Kier alpha value is -0.910. The van der Waals surface area contributed by atoms with Crippen molar-refractivity contribution in [3.63, 3.8) is 0 Å². The molecule has 238 valence electrons. The molecule has 5 nitrogen and oxygen atoms in total. The van der Waals surface area contributed by atoms with Crippen LogP contribution in [0.3, 0.4) is 0 Å². The summed E-state index contributed by atoms with van der Waals surface area (Å²) in [6.45, 7) is 23.7. The molecule has 0 aromatic rings. The summed E-state index contributed by atoms with van der Waals surface area (Å²) < 4.78 is 0. The van der Waals surface area contributed by atoms with Crippen molar-refractivity contribution in [2.24, 2.45) is 44.3 Å². The van der Waals surface area contributed by atoms with Crippen LogP contribution in [-0.2, 0) is 4.79 Å². The molecule has 5 fully saturated rings. The van der Waals surface area contributed by atoms with Crippen molar-refractivity contribution in [3.8, 4) is 0 Å². The summed E-state index contributed by atoms with van der Waals surface area (Å²) in [6.07, 6.45) is 12.3. The first-order valence-corrected chi connectivity index (χ1v) is 17.7. The van der Waals surface area contributed by atoms with Crippen LogP contribution in [0.25, 0.3) is 0 Å². The quantitative estimate of drug-likeness (QED) is 0.365. The molecule has 42 heavy (non-hydrogen) atoms. The van der Waals surface area contributed by atoms with E-state index >= 15 is 0 Å². The molecule has 1 unspecified atom stereocenters. The molecular formula is C37H63N3O2. The number of likely N-dealkylation sites (N-methyl/N-ethyl adjacent to an activating group) is 1. The van der Waals surface area contributed by atoms with Gasteiger partial charge in [-0.05, 0) is 117 Å². The molecule has 5 heteroatoms. The van der Waals surface area contributed by atoms with Gasteiger partial charge >= 0.3 is 0 Å². The van der Waals surface area contributed by atoms with Crippen LogP contribution in [0.2, 0.25) is 0 Å². The molecule has 2 N–H and O–H groups in total. The van der Waals surface area contributed by atoms with Gasteiger partial charge in [-0.1, -0.05) is 59.6 Å². The van der Waals surface area contributed by atoms with Crippen LogP contribution in [0, 0.1) is 44.3 Å². The van der Waals surface area contributed by atoms with Gasteiger partial charge in [0.1, 0.15) is 0 Å². The van der Waals surface area contributed by atoms with E-state index in [0.717, 1.165) is 84.2 Å². The number of hydrogen-bond donors (Lipinski definition) is 2. The Balaban J connectivity index is 1.30. The number of aliphatic hydroxyl groups excluding tert-OH is 1. The Morgan fingerprint density at radius 3 is 2.24 bits per heavy atom. The maximum Gasteiger partial charge on any atom is 0.230 e. The Bertz CT molecular complexity index is 1100. The summed E-state index contributed by atoms with van der Waals surface area (Å²) in [5, 5.41) is 14.6. The fraction of sp³-hybridized carbons (Fsp3) is 0.919. The first-order chi connectivity index (χ1) is 19.6. The lowest BCUT2D eigenvalue weighted by Gasteiger charge is -2.71. The van der Waals surface area contributed by atoms with E-state index in [9.17, 15) is 9.90 Å². The highest BCUT2D eigenvalue weighted by Gasteiger charge is 2.68. The molecule has 0 aromatic heterocycles. The number of piperazine rings is 1. The minimum absolute atomic E-state index is 0.00863. The van der Waals surface area contributed by atoms with Gasteiger partial charge in [-0.2, -0.15) is 0 Å². The van der Waals surface area contributed by atoms with Crippen molar-refractivity contribution >= 4 is 5.91 Å². The number of rotatable bonds is 4. The van der Waals surface area contributed by atoms with Gasteiger partial charge in [-0.25, -0.2) is 0 Å². The number of amides is 1. The zero-order valence-corrected chi connectivity index (χ0v) is 28.5. The predicted octanol–water partition coefficient (Wildman–Crippen LogP) is 6.66. The fourth-order valence-corrected chi connectivity index (χ4v) is 12.2. The zero-order valence-electron chi connectivity index (χ0n) is 28.5. The second-order valence-electron chi connectivity index (χ2n) is 18.1. The molecule has 5 aliphatic carbocycles. The third-order valence-corrected chi connectivity index (χ3v) is 15.3. The van der Waals surface area contributed by atoms with Crippen LogP contribution in [0.5, 0.6) is 0 Å². The van der Waals surface area contributed by atoms with E-state index < -0.39 is 0 Å². The monoisotopic (exact) mass is 581 g/mol. The molecule has 6 aliphatic rings. The lowest BCUT2D eigenvalue weighted by Crippen LogP contribution is -2.64. The maximum absolute atomic E-state index is 14.3. The SMILES string of the molecule is CN1CCN(CCNC(=O)[C@]23CCC(C)(C)CC2=C2CC[C@@H]4[C@@]5(C)CCC(O)C(C)(C)[C@@H]5CC[C@@]4(C)[C@]2(C)CC3)CC1. The molecule has 0 spiro atoms. The molecule has 1 heterocycles. The highest BCUT2D eigenvalue weighted by molar-refractivity contribution is 5.87. The Morgan fingerprint density at radius 2 is 1.52 bits per heavy atom. The molecule has 0 radical (unpaired) electrons. The molecule has 1 aliphatic heterocycles. The van der Waals surface area contributed by atoms with Gasteiger partial charge in [0.25, 0.3) is 0 Å². The lowest BCUT2D eigenvalue weighted by atomic mass is 9.34. The predicted molar refractivity (Wildman–Crippen MR) is 172 cm³/mol. The minimum Gasteiger partial charge on any atom is -0.393 e. The number of carbonyl (C=O) groups is 1. The molecule has 7 atom stereocenters. The van der Waals surface area contributed by atoms with Crippen molar-refractivity contribution < 1.29 is 9.90 Å². The topological polar surface area (TPSA) is 55.8 Å². The fourth-order valence-electron chi connectivity index (χ4n) is 12.2. The summed E-state index contributed by atoms with van der Waals surface area (Å²) >= 11 is 0. The summed E-state index contributed by atoms with van der Waals surface area (Å²) in [4.78, 5) is 19.3. The van der Waals surface area contributed by atoms with E-state index in [-0.39, 0.29) is 38.6 Å². The zero-order chi connectivity index (χ0) is 30.3. The van der Waals surface area contributed by atoms with E-state index in [1.165, 1.54) is 25.7 Å². The van der Waals surface area contributed by atoms with Gasteiger partial charge in [-0.15, -0.1) is 0 Å². The lowest BCUT2D eigenvalue weighted by molar-refractivity contribution is -0.204. The Kier molecular flexibility index (Phi) is 7.63. The van der Waals surface area contributed by atoms with E-state index in [1.54, 1.807) is 11.1 Å². The molecule has 0 bridgehead atoms. The maximum atomic E-state index is 14.3. The number of hydrogen-bond acceptors (Lipinski definition) is 4. The van der Waals surface area contributed by atoms with Crippen molar-refractivity contribution in [2.45, 2.75) is 125 Å². The molecule has 0 aromatic carbocycles. The number of aliphatic hydroxyl groups is 1. The average Bonchev–Trinajstić information content (AvgIpc) is 2.92.